The fourth-order valence-corrected chi connectivity index (χ4v) is 1.75. The van der Waals surface area contributed by atoms with Gasteiger partial charge in [-0.2, -0.15) is 0 Å². The molecule has 1 unspecified atom stereocenters. The summed E-state index contributed by atoms with van der Waals surface area (Å²) in [5.74, 6) is 0.265. The normalized spacial score (nSPS) is 12.1. The topological polar surface area (TPSA) is 70.6 Å². The lowest BCUT2D eigenvalue weighted by atomic mass is 10.1. The molecule has 0 fully saturated rings. The van der Waals surface area contributed by atoms with Crippen molar-refractivity contribution in [1.82, 2.24) is 10.6 Å². The molecule has 19 heavy (non-hydrogen) atoms. The maximum absolute atomic E-state index is 11.4. The van der Waals surface area contributed by atoms with Gasteiger partial charge >= 0.3 is 0 Å². The van der Waals surface area contributed by atoms with Crippen LogP contribution < -0.4 is 10.6 Å². The quantitative estimate of drug-likeness (QED) is 0.618. The predicted molar refractivity (Wildman–Crippen MR) is 74.0 cm³/mol. The van der Waals surface area contributed by atoms with Gasteiger partial charge in [-0.3, -0.25) is 4.79 Å². The van der Waals surface area contributed by atoms with Crippen LogP contribution >= 0.6 is 0 Å². The highest BCUT2D eigenvalue weighted by molar-refractivity contribution is 5.76. The van der Waals surface area contributed by atoms with Crippen LogP contribution in [0.5, 0.6) is 5.75 Å². The van der Waals surface area contributed by atoms with E-state index in [4.69, 9.17) is 4.74 Å². The van der Waals surface area contributed by atoms with Crippen LogP contribution in [0, 0.1) is 0 Å². The van der Waals surface area contributed by atoms with Gasteiger partial charge in [0.15, 0.2) is 0 Å². The predicted octanol–water partition coefficient (Wildman–Crippen LogP) is 1.20. The molecule has 0 aliphatic rings. The van der Waals surface area contributed by atoms with Gasteiger partial charge in [0, 0.05) is 38.2 Å². The lowest BCUT2D eigenvalue weighted by molar-refractivity contribution is -0.121. The minimum absolute atomic E-state index is 0.00552. The van der Waals surface area contributed by atoms with E-state index in [1.807, 2.05) is 19.1 Å². The van der Waals surface area contributed by atoms with Crippen molar-refractivity contribution in [2.24, 2.45) is 0 Å². The zero-order valence-corrected chi connectivity index (χ0v) is 11.5. The third-order valence-corrected chi connectivity index (χ3v) is 2.83. The molecule has 0 aliphatic heterocycles. The van der Waals surface area contributed by atoms with Crippen molar-refractivity contribution in [3.8, 4) is 5.75 Å². The molecular weight excluding hydrogens is 244 g/mol. The molecule has 1 rings (SSSR count). The van der Waals surface area contributed by atoms with Crippen LogP contribution in [0.1, 0.15) is 24.9 Å². The van der Waals surface area contributed by atoms with E-state index in [2.05, 4.69) is 10.6 Å². The van der Waals surface area contributed by atoms with Crippen molar-refractivity contribution in [1.29, 1.82) is 0 Å². The number of rotatable bonds is 8. The van der Waals surface area contributed by atoms with E-state index in [-0.39, 0.29) is 17.7 Å². The van der Waals surface area contributed by atoms with Gasteiger partial charge in [0.1, 0.15) is 5.75 Å². The zero-order chi connectivity index (χ0) is 14.1. The number of benzene rings is 1. The molecule has 1 amide bonds. The van der Waals surface area contributed by atoms with Gasteiger partial charge < -0.3 is 20.5 Å². The number of carbonyl (C=O) groups is 1. The monoisotopic (exact) mass is 266 g/mol. The average molecular weight is 266 g/mol. The summed E-state index contributed by atoms with van der Waals surface area (Å²) in [5.41, 5.74) is 0.835. The molecule has 1 atom stereocenters. The number of methoxy groups -OCH3 is 1. The Kier molecular flexibility index (Phi) is 6.92. The number of ether oxygens (including phenoxy) is 1. The molecule has 0 spiro atoms. The van der Waals surface area contributed by atoms with Gasteiger partial charge in [0.2, 0.25) is 5.91 Å². The minimum Gasteiger partial charge on any atom is -0.508 e. The van der Waals surface area contributed by atoms with Gasteiger partial charge in [0.25, 0.3) is 0 Å². The van der Waals surface area contributed by atoms with Crippen LogP contribution in [0.4, 0.5) is 0 Å². The molecule has 1 aromatic carbocycles. The van der Waals surface area contributed by atoms with Crippen LogP contribution in [0.2, 0.25) is 0 Å². The number of hydrogen-bond donors (Lipinski definition) is 3. The molecule has 0 aromatic heterocycles. The molecule has 0 saturated carbocycles. The highest BCUT2D eigenvalue weighted by atomic mass is 16.5. The van der Waals surface area contributed by atoms with Crippen LogP contribution in [0.3, 0.4) is 0 Å². The standard InChI is InChI=1S/C14H22N2O3/c1-11(12-5-3-4-6-13(12)17)15-8-7-14(18)16-9-10-19-2/h3-6,11,15,17H,7-10H2,1-2H3,(H,16,18). The van der Waals surface area contributed by atoms with Crippen molar-refractivity contribution in [2.45, 2.75) is 19.4 Å². The summed E-state index contributed by atoms with van der Waals surface area (Å²) in [6.45, 7) is 3.57. The molecule has 5 nitrogen and oxygen atoms in total. The molecule has 5 heteroatoms. The Morgan fingerprint density at radius 3 is 2.79 bits per heavy atom. The highest BCUT2D eigenvalue weighted by Crippen LogP contribution is 2.22. The Hall–Kier alpha value is -1.59. The van der Waals surface area contributed by atoms with Crippen LogP contribution in [0.15, 0.2) is 24.3 Å². The van der Waals surface area contributed by atoms with E-state index in [1.54, 1.807) is 19.2 Å². The van der Waals surface area contributed by atoms with E-state index in [9.17, 15) is 9.90 Å². The smallest absolute Gasteiger partial charge is 0.221 e. The fraction of sp³-hybridized carbons (Fsp3) is 0.500. The number of para-hydroxylation sites is 1. The molecule has 106 valence electrons. The number of aromatic hydroxyl groups is 1. The summed E-state index contributed by atoms with van der Waals surface area (Å²) in [7, 11) is 1.60. The van der Waals surface area contributed by atoms with E-state index >= 15 is 0 Å². The van der Waals surface area contributed by atoms with Gasteiger partial charge in [-0.25, -0.2) is 0 Å². The second-order valence-corrected chi connectivity index (χ2v) is 4.33. The molecule has 1 aromatic rings. The Balaban J connectivity index is 2.26. The van der Waals surface area contributed by atoms with Crippen molar-refractivity contribution in [3.05, 3.63) is 29.8 Å². The molecule has 0 heterocycles. The lowest BCUT2D eigenvalue weighted by Crippen LogP contribution is -2.30. The Morgan fingerprint density at radius 1 is 1.37 bits per heavy atom. The van der Waals surface area contributed by atoms with E-state index in [0.717, 1.165) is 5.56 Å². The lowest BCUT2D eigenvalue weighted by Gasteiger charge is -2.15. The highest BCUT2D eigenvalue weighted by Gasteiger charge is 2.09. The van der Waals surface area contributed by atoms with Gasteiger partial charge in [-0.05, 0) is 13.0 Å². The number of nitrogens with one attached hydrogen (secondary N) is 2. The second-order valence-electron chi connectivity index (χ2n) is 4.33. The molecule has 0 saturated heterocycles. The molecule has 0 aliphatic carbocycles. The van der Waals surface area contributed by atoms with Crippen molar-refractivity contribution < 1.29 is 14.6 Å². The maximum atomic E-state index is 11.4. The van der Waals surface area contributed by atoms with Crippen LogP contribution in [-0.4, -0.2) is 37.8 Å². The Morgan fingerprint density at radius 2 is 2.11 bits per heavy atom. The first kappa shape index (κ1) is 15.5. The van der Waals surface area contributed by atoms with Crippen LogP contribution in [0.25, 0.3) is 0 Å². The van der Waals surface area contributed by atoms with E-state index in [1.165, 1.54) is 0 Å². The Labute approximate surface area is 114 Å². The number of phenols is 1. The summed E-state index contributed by atoms with van der Waals surface area (Å²) in [5, 5.41) is 15.7. The number of phenolic OH excluding ortho intramolecular Hbond substituents is 1. The van der Waals surface area contributed by atoms with Crippen LogP contribution in [-0.2, 0) is 9.53 Å². The third-order valence-electron chi connectivity index (χ3n) is 2.83. The first-order chi connectivity index (χ1) is 9.15. The summed E-state index contributed by atoms with van der Waals surface area (Å²) >= 11 is 0. The number of hydrogen-bond acceptors (Lipinski definition) is 4. The number of amides is 1. The summed E-state index contributed by atoms with van der Waals surface area (Å²) in [6.07, 6.45) is 0.404. The third kappa shape index (κ3) is 5.72. The number of carbonyl (C=O) groups excluding carboxylic acids is 1. The Bertz CT molecular complexity index is 396. The van der Waals surface area contributed by atoms with Gasteiger partial charge in [0.05, 0.1) is 6.61 Å². The first-order valence-electron chi connectivity index (χ1n) is 6.42. The van der Waals surface area contributed by atoms with Crippen molar-refractivity contribution in [2.75, 3.05) is 26.8 Å². The molecule has 3 N–H and O–H groups in total. The van der Waals surface area contributed by atoms with Crippen molar-refractivity contribution in [3.63, 3.8) is 0 Å². The summed E-state index contributed by atoms with van der Waals surface area (Å²) in [4.78, 5) is 11.4. The molecular formula is C14H22N2O3. The minimum atomic E-state index is -0.00552. The van der Waals surface area contributed by atoms with Gasteiger partial charge in [-0.1, -0.05) is 18.2 Å². The summed E-state index contributed by atoms with van der Waals surface area (Å²) in [6, 6.07) is 7.20. The summed E-state index contributed by atoms with van der Waals surface area (Å²) < 4.78 is 4.85. The largest absolute Gasteiger partial charge is 0.508 e. The molecule has 0 radical (unpaired) electrons. The maximum Gasteiger partial charge on any atom is 0.221 e. The van der Waals surface area contributed by atoms with Gasteiger partial charge in [-0.15, -0.1) is 0 Å². The van der Waals surface area contributed by atoms with E-state index < -0.39 is 0 Å². The fourth-order valence-electron chi connectivity index (χ4n) is 1.75. The zero-order valence-electron chi connectivity index (χ0n) is 11.5. The second kappa shape index (κ2) is 8.50. The molecule has 0 bridgehead atoms. The van der Waals surface area contributed by atoms with Crippen molar-refractivity contribution >= 4 is 5.91 Å². The van der Waals surface area contributed by atoms with E-state index in [0.29, 0.717) is 26.1 Å². The SMILES string of the molecule is COCCNC(=O)CCNC(C)c1ccccc1O. The first-order valence-corrected chi connectivity index (χ1v) is 6.42. The average Bonchev–Trinajstić information content (AvgIpc) is 2.39.